The second-order valence-corrected chi connectivity index (χ2v) is 9.16. The first-order chi connectivity index (χ1) is 17.8. The number of nitrogens with two attached hydrogens (primary N) is 2. The van der Waals surface area contributed by atoms with E-state index in [1.165, 1.54) is 0 Å². The van der Waals surface area contributed by atoms with E-state index in [9.17, 15) is 4.79 Å². The third-order valence-corrected chi connectivity index (χ3v) is 6.60. The van der Waals surface area contributed by atoms with E-state index in [4.69, 9.17) is 27.3 Å². The number of carbonyl (C=O) groups is 1. The highest BCUT2D eigenvalue weighted by Gasteiger charge is 2.20. The summed E-state index contributed by atoms with van der Waals surface area (Å²) < 4.78 is 2.06. The monoisotopic (exact) mass is 495 g/mol. The lowest BCUT2D eigenvalue weighted by atomic mass is 10.1. The van der Waals surface area contributed by atoms with E-state index in [-0.39, 0.29) is 17.6 Å². The fraction of sp³-hybridized carbons (Fsp3) is 0.241. The van der Waals surface area contributed by atoms with Gasteiger partial charge in [0.05, 0.1) is 16.9 Å². The average molecular weight is 496 g/mol. The molecule has 0 spiro atoms. The predicted molar refractivity (Wildman–Crippen MR) is 150 cm³/mol. The van der Waals surface area contributed by atoms with Crippen LogP contribution in [0.15, 0.2) is 66.7 Å². The fourth-order valence-electron chi connectivity index (χ4n) is 4.39. The molecule has 1 amide bonds. The summed E-state index contributed by atoms with van der Waals surface area (Å²) in [5.74, 6) is 0.892. The van der Waals surface area contributed by atoms with Crippen molar-refractivity contribution in [1.29, 1.82) is 10.8 Å². The highest BCUT2D eigenvalue weighted by Crippen LogP contribution is 2.23. The summed E-state index contributed by atoms with van der Waals surface area (Å²) in [5, 5.41) is 15.2. The lowest BCUT2D eigenvalue weighted by Gasteiger charge is -2.23. The van der Waals surface area contributed by atoms with Gasteiger partial charge in [0.1, 0.15) is 11.7 Å². The number of nitrogen functional groups attached to an aromatic ring is 1. The minimum atomic E-state index is -0.144. The van der Waals surface area contributed by atoms with Crippen LogP contribution in [-0.4, -0.2) is 33.7 Å². The molecule has 190 valence electrons. The number of amidine groups is 2. The molecule has 4 rings (SSSR count). The highest BCUT2D eigenvalue weighted by molar-refractivity contribution is 6.08. The van der Waals surface area contributed by atoms with Gasteiger partial charge in [-0.1, -0.05) is 43.3 Å². The van der Waals surface area contributed by atoms with Gasteiger partial charge in [0.15, 0.2) is 0 Å². The first-order valence-electron chi connectivity index (χ1n) is 12.4. The van der Waals surface area contributed by atoms with Crippen molar-refractivity contribution in [3.05, 3.63) is 94.8 Å². The summed E-state index contributed by atoms with van der Waals surface area (Å²) in [6.07, 6.45) is 2.70. The smallest absolute Gasteiger partial charge is 0.258 e. The number of fused-ring (bicyclic) bond motifs is 1. The van der Waals surface area contributed by atoms with Gasteiger partial charge in [0.25, 0.3) is 5.91 Å². The maximum Gasteiger partial charge on any atom is 0.258 e. The molecule has 0 atom stereocenters. The Hall–Kier alpha value is -4.46. The van der Waals surface area contributed by atoms with Gasteiger partial charge < -0.3 is 20.9 Å². The maximum absolute atomic E-state index is 13.6. The van der Waals surface area contributed by atoms with Gasteiger partial charge in [-0.2, -0.15) is 0 Å². The molecule has 0 saturated heterocycles. The largest absolute Gasteiger partial charge is 0.388 e. The Labute approximate surface area is 216 Å². The van der Waals surface area contributed by atoms with Crippen molar-refractivity contribution >= 4 is 34.3 Å². The van der Waals surface area contributed by atoms with Gasteiger partial charge in [0.2, 0.25) is 0 Å². The zero-order chi connectivity index (χ0) is 26.5. The number of aromatic nitrogens is 2. The van der Waals surface area contributed by atoms with Crippen LogP contribution >= 0.6 is 0 Å². The summed E-state index contributed by atoms with van der Waals surface area (Å²) in [7, 11) is 1.99. The number of aryl methyl sites for hydroxylation is 4. The second-order valence-electron chi connectivity index (χ2n) is 9.16. The quantitative estimate of drug-likeness (QED) is 0.194. The Bertz CT molecular complexity index is 1450. The molecule has 1 aromatic heterocycles. The molecule has 3 aromatic carbocycles. The van der Waals surface area contributed by atoms with Crippen LogP contribution in [0.4, 0.5) is 5.69 Å². The van der Waals surface area contributed by atoms with E-state index in [1.807, 2.05) is 73.8 Å². The standard InChI is InChI=1S/C29H33N7O/c1-3-19-5-4-6-23(17-19)36(16-15-26(30)31)29(37)22-12-13-25-24(18-22)34-27(35(25)2)14-9-20-7-10-21(11-8-20)28(32)33/h4-8,10-13,17-18H,3,9,14-16H2,1-2H3,(H3,30,31)(H3,32,33). The average Bonchev–Trinajstić information content (AvgIpc) is 3.22. The van der Waals surface area contributed by atoms with Crippen LogP contribution in [0.5, 0.6) is 0 Å². The lowest BCUT2D eigenvalue weighted by Crippen LogP contribution is -2.34. The van der Waals surface area contributed by atoms with Crippen molar-refractivity contribution in [1.82, 2.24) is 9.55 Å². The molecule has 0 aliphatic carbocycles. The molecule has 0 fully saturated rings. The van der Waals surface area contributed by atoms with Crippen LogP contribution in [0.1, 0.15) is 46.2 Å². The second kappa shape index (κ2) is 11.1. The third-order valence-electron chi connectivity index (χ3n) is 6.60. The van der Waals surface area contributed by atoms with Crippen molar-refractivity contribution < 1.29 is 4.79 Å². The van der Waals surface area contributed by atoms with E-state index in [1.54, 1.807) is 4.90 Å². The van der Waals surface area contributed by atoms with E-state index in [0.717, 1.165) is 52.9 Å². The molecule has 0 radical (unpaired) electrons. The van der Waals surface area contributed by atoms with Crippen molar-refractivity contribution in [2.45, 2.75) is 32.6 Å². The van der Waals surface area contributed by atoms with Crippen LogP contribution in [0.3, 0.4) is 0 Å². The molecule has 0 aliphatic heterocycles. The Morgan fingerprint density at radius 2 is 1.68 bits per heavy atom. The molecule has 0 bridgehead atoms. The zero-order valence-corrected chi connectivity index (χ0v) is 21.3. The fourth-order valence-corrected chi connectivity index (χ4v) is 4.39. The molecule has 8 heteroatoms. The first kappa shape index (κ1) is 25.6. The number of amides is 1. The predicted octanol–water partition coefficient (Wildman–Crippen LogP) is 4.18. The van der Waals surface area contributed by atoms with Crippen LogP contribution < -0.4 is 16.4 Å². The van der Waals surface area contributed by atoms with Crippen molar-refractivity contribution in [2.24, 2.45) is 18.5 Å². The first-order valence-corrected chi connectivity index (χ1v) is 12.4. The maximum atomic E-state index is 13.6. The molecular weight excluding hydrogens is 462 g/mol. The Balaban J connectivity index is 1.58. The number of nitrogens with one attached hydrogen (secondary N) is 2. The zero-order valence-electron chi connectivity index (χ0n) is 21.3. The summed E-state index contributed by atoms with van der Waals surface area (Å²) >= 11 is 0. The van der Waals surface area contributed by atoms with E-state index < -0.39 is 0 Å². The van der Waals surface area contributed by atoms with Gasteiger partial charge in [0, 0.05) is 43.2 Å². The Kier molecular flexibility index (Phi) is 7.67. The van der Waals surface area contributed by atoms with Crippen molar-refractivity contribution in [2.75, 3.05) is 11.4 Å². The number of hydrogen-bond acceptors (Lipinski definition) is 4. The van der Waals surface area contributed by atoms with Gasteiger partial charge in [-0.15, -0.1) is 0 Å². The number of rotatable bonds is 10. The molecule has 37 heavy (non-hydrogen) atoms. The van der Waals surface area contributed by atoms with Crippen LogP contribution in [0.2, 0.25) is 0 Å². The molecule has 4 aromatic rings. The molecule has 0 unspecified atom stereocenters. The topological polar surface area (TPSA) is 138 Å². The minimum absolute atomic E-state index is 0.0465. The lowest BCUT2D eigenvalue weighted by molar-refractivity contribution is 0.0987. The Morgan fingerprint density at radius 3 is 2.35 bits per heavy atom. The molecule has 8 nitrogen and oxygen atoms in total. The normalized spacial score (nSPS) is 11.0. The summed E-state index contributed by atoms with van der Waals surface area (Å²) in [4.78, 5) is 20.2. The molecule has 0 aliphatic rings. The van der Waals surface area contributed by atoms with Crippen molar-refractivity contribution in [3.63, 3.8) is 0 Å². The molecule has 1 heterocycles. The number of anilines is 1. The number of carbonyl (C=O) groups excluding carboxylic acids is 1. The molecule has 0 saturated carbocycles. The van der Waals surface area contributed by atoms with Gasteiger partial charge in [-0.3, -0.25) is 15.6 Å². The van der Waals surface area contributed by atoms with Gasteiger partial charge in [-0.25, -0.2) is 4.98 Å². The van der Waals surface area contributed by atoms with Gasteiger partial charge in [-0.05, 0) is 54.3 Å². The van der Waals surface area contributed by atoms with Crippen LogP contribution in [0.25, 0.3) is 11.0 Å². The summed E-state index contributed by atoms with van der Waals surface area (Å²) in [5.41, 5.74) is 17.2. The number of hydrogen-bond donors (Lipinski definition) is 4. The van der Waals surface area contributed by atoms with Crippen LogP contribution in [0, 0.1) is 10.8 Å². The number of imidazole rings is 1. The number of nitrogens with zero attached hydrogens (tertiary/aromatic N) is 3. The Morgan fingerprint density at radius 1 is 0.946 bits per heavy atom. The van der Waals surface area contributed by atoms with E-state index in [0.29, 0.717) is 24.1 Å². The van der Waals surface area contributed by atoms with E-state index in [2.05, 4.69) is 11.5 Å². The molecule has 6 N–H and O–H groups in total. The third kappa shape index (κ3) is 5.86. The molecular formula is C29H33N7O. The minimum Gasteiger partial charge on any atom is -0.388 e. The van der Waals surface area contributed by atoms with Crippen LogP contribution in [-0.2, 0) is 26.3 Å². The highest BCUT2D eigenvalue weighted by atomic mass is 16.2. The van der Waals surface area contributed by atoms with E-state index >= 15 is 0 Å². The number of benzene rings is 3. The summed E-state index contributed by atoms with van der Waals surface area (Å²) in [6, 6.07) is 21.2. The van der Waals surface area contributed by atoms with Gasteiger partial charge >= 0.3 is 0 Å². The van der Waals surface area contributed by atoms with Crippen molar-refractivity contribution in [3.8, 4) is 0 Å². The summed E-state index contributed by atoms with van der Waals surface area (Å²) in [6.45, 7) is 2.41. The SMILES string of the molecule is CCc1cccc(N(CCC(=N)N)C(=O)c2ccc3c(c2)nc(CCc2ccc(C(=N)N)cc2)n3C)c1.